The Balaban J connectivity index is 1.99. The van der Waals surface area contributed by atoms with E-state index in [9.17, 15) is 17.6 Å². The summed E-state index contributed by atoms with van der Waals surface area (Å²) in [7, 11) is 1.58. The molecule has 0 amide bonds. The summed E-state index contributed by atoms with van der Waals surface area (Å²) in [6.07, 6.45) is -4.51. The van der Waals surface area contributed by atoms with Gasteiger partial charge in [0, 0.05) is 12.6 Å². The Kier molecular flexibility index (Phi) is 4.67. The molecule has 0 unspecified atom stereocenters. The van der Waals surface area contributed by atoms with Crippen LogP contribution in [0.1, 0.15) is 25.2 Å². The summed E-state index contributed by atoms with van der Waals surface area (Å²) in [5.74, 6) is 0.416. The second-order valence-electron chi connectivity index (χ2n) is 6.52. The molecule has 3 rings (SSSR count). The van der Waals surface area contributed by atoms with E-state index in [-0.39, 0.29) is 11.4 Å². The summed E-state index contributed by atoms with van der Waals surface area (Å²) in [4.78, 5) is 0. The molecule has 8 heteroatoms. The van der Waals surface area contributed by atoms with E-state index < -0.39 is 23.2 Å². The standard InChI is InChI=1S/C19H17F4N3O/c1-18(2,27-13-10-8-12(20)9-11-13)17-25-24-16(26(17)3)14-6-4-5-7-15(14)19(21,22)23/h4-11H,1-3H3. The van der Waals surface area contributed by atoms with Gasteiger partial charge in [-0.05, 0) is 44.2 Å². The van der Waals surface area contributed by atoms with E-state index in [0.717, 1.165) is 6.07 Å². The number of halogens is 4. The van der Waals surface area contributed by atoms with Crippen LogP contribution in [0.3, 0.4) is 0 Å². The molecule has 0 N–H and O–H groups in total. The number of alkyl halides is 3. The summed E-state index contributed by atoms with van der Waals surface area (Å²) >= 11 is 0. The largest absolute Gasteiger partial charge is 0.480 e. The molecule has 0 aliphatic heterocycles. The molecule has 0 spiro atoms. The van der Waals surface area contributed by atoms with Gasteiger partial charge in [-0.3, -0.25) is 0 Å². The second-order valence-corrected chi connectivity index (χ2v) is 6.52. The maximum absolute atomic E-state index is 13.3. The molecule has 2 aromatic carbocycles. The molecule has 0 bridgehead atoms. The summed E-state index contributed by atoms with van der Waals surface area (Å²) in [6, 6.07) is 10.6. The van der Waals surface area contributed by atoms with Crippen molar-refractivity contribution in [2.24, 2.45) is 7.05 Å². The summed E-state index contributed by atoms with van der Waals surface area (Å²) in [5.41, 5.74) is -1.86. The monoisotopic (exact) mass is 379 g/mol. The van der Waals surface area contributed by atoms with Crippen molar-refractivity contribution in [1.29, 1.82) is 0 Å². The number of ether oxygens (including phenoxy) is 1. The van der Waals surface area contributed by atoms with Crippen molar-refractivity contribution in [3.05, 3.63) is 65.7 Å². The van der Waals surface area contributed by atoms with Crippen LogP contribution in [0.5, 0.6) is 5.75 Å². The second kappa shape index (κ2) is 6.68. The predicted octanol–water partition coefficient (Wildman–Crippen LogP) is 4.95. The van der Waals surface area contributed by atoms with E-state index in [1.165, 1.54) is 47.0 Å². The third-order valence-electron chi connectivity index (χ3n) is 4.07. The molecular formula is C19H17F4N3O. The van der Waals surface area contributed by atoms with Gasteiger partial charge in [0.25, 0.3) is 0 Å². The van der Waals surface area contributed by atoms with Crippen LogP contribution < -0.4 is 4.74 Å². The Morgan fingerprint density at radius 3 is 2.19 bits per heavy atom. The highest BCUT2D eigenvalue weighted by Gasteiger charge is 2.36. The minimum Gasteiger partial charge on any atom is -0.480 e. The fraction of sp³-hybridized carbons (Fsp3) is 0.263. The molecule has 0 fully saturated rings. The van der Waals surface area contributed by atoms with Crippen LogP contribution in [-0.4, -0.2) is 14.8 Å². The van der Waals surface area contributed by atoms with Crippen LogP contribution in [0.15, 0.2) is 48.5 Å². The molecule has 3 aromatic rings. The average Bonchev–Trinajstić information content (AvgIpc) is 2.98. The van der Waals surface area contributed by atoms with Gasteiger partial charge in [0.1, 0.15) is 11.6 Å². The van der Waals surface area contributed by atoms with Gasteiger partial charge in [-0.15, -0.1) is 10.2 Å². The minimum absolute atomic E-state index is 0.0659. The Hall–Kier alpha value is -2.90. The zero-order valence-electron chi connectivity index (χ0n) is 14.9. The first-order valence-corrected chi connectivity index (χ1v) is 8.10. The lowest BCUT2D eigenvalue weighted by atomic mass is 10.1. The lowest BCUT2D eigenvalue weighted by Gasteiger charge is -2.25. The zero-order valence-corrected chi connectivity index (χ0v) is 14.9. The van der Waals surface area contributed by atoms with Crippen molar-refractivity contribution in [2.45, 2.75) is 25.6 Å². The molecule has 27 heavy (non-hydrogen) atoms. The van der Waals surface area contributed by atoms with E-state index >= 15 is 0 Å². The van der Waals surface area contributed by atoms with E-state index in [1.54, 1.807) is 20.9 Å². The third kappa shape index (κ3) is 3.79. The first-order chi connectivity index (χ1) is 12.6. The van der Waals surface area contributed by atoms with Crippen molar-refractivity contribution in [3.8, 4) is 17.1 Å². The SMILES string of the molecule is Cn1c(-c2ccccc2C(F)(F)F)nnc1C(C)(C)Oc1ccc(F)cc1. The van der Waals surface area contributed by atoms with Gasteiger partial charge in [0.05, 0.1) is 5.56 Å². The Bertz CT molecular complexity index is 946. The lowest BCUT2D eigenvalue weighted by Crippen LogP contribution is -2.29. The molecule has 0 aliphatic carbocycles. The van der Waals surface area contributed by atoms with Crippen LogP contribution in [0, 0.1) is 5.82 Å². The fourth-order valence-electron chi connectivity index (χ4n) is 2.86. The molecule has 0 atom stereocenters. The smallest absolute Gasteiger partial charge is 0.417 e. The lowest BCUT2D eigenvalue weighted by molar-refractivity contribution is -0.137. The van der Waals surface area contributed by atoms with Gasteiger partial charge in [0.2, 0.25) is 0 Å². The van der Waals surface area contributed by atoms with Crippen molar-refractivity contribution in [1.82, 2.24) is 14.8 Å². The summed E-state index contributed by atoms with van der Waals surface area (Å²) in [5, 5.41) is 8.00. The molecule has 4 nitrogen and oxygen atoms in total. The highest BCUT2D eigenvalue weighted by Crippen LogP contribution is 2.37. The van der Waals surface area contributed by atoms with Gasteiger partial charge >= 0.3 is 6.18 Å². The van der Waals surface area contributed by atoms with E-state index in [2.05, 4.69) is 10.2 Å². The van der Waals surface area contributed by atoms with Gasteiger partial charge < -0.3 is 9.30 Å². The fourth-order valence-corrected chi connectivity index (χ4v) is 2.86. The van der Waals surface area contributed by atoms with Crippen molar-refractivity contribution in [3.63, 3.8) is 0 Å². The molecule has 142 valence electrons. The predicted molar refractivity (Wildman–Crippen MR) is 91.5 cm³/mol. The molecule has 0 saturated carbocycles. The molecule has 0 saturated heterocycles. The molecule has 1 aromatic heterocycles. The van der Waals surface area contributed by atoms with Crippen LogP contribution in [0.25, 0.3) is 11.4 Å². The quantitative estimate of drug-likeness (QED) is 0.602. The van der Waals surface area contributed by atoms with Gasteiger partial charge in [-0.2, -0.15) is 13.2 Å². The summed E-state index contributed by atoms with van der Waals surface area (Å²) < 4.78 is 60.3. The number of benzene rings is 2. The van der Waals surface area contributed by atoms with Crippen LogP contribution in [-0.2, 0) is 18.8 Å². The minimum atomic E-state index is -4.51. The van der Waals surface area contributed by atoms with Crippen molar-refractivity contribution < 1.29 is 22.3 Å². The van der Waals surface area contributed by atoms with Crippen LogP contribution in [0.4, 0.5) is 17.6 Å². The number of rotatable bonds is 4. The number of nitrogens with zero attached hydrogens (tertiary/aromatic N) is 3. The number of hydrogen-bond acceptors (Lipinski definition) is 3. The van der Waals surface area contributed by atoms with Gasteiger partial charge in [-0.25, -0.2) is 4.39 Å². The Morgan fingerprint density at radius 1 is 0.926 bits per heavy atom. The first kappa shape index (κ1) is 18.9. The number of aromatic nitrogens is 3. The molecule has 1 heterocycles. The van der Waals surface area contributed by atoms with E-state index in [1.807, 2.05) is 0 Å². The summed E-state index contributed by atoms with van der Waals surface area (Å²) in [6.45, 7) is 3.42. The highest BCUT2D eigenvalue weighted by molar-refractivity contribution is 5.61. The van der Waals surface area contributed by atoms with Gasteiger partial charge in [0.15, 0.2) is 17.2 Å². The topological polar surface area (TPSA) is 39.9 Å². The average molecular weight is 379 g/mol. The normalized spacial score (nSPS) is 12.3. The zero-order chi connectivity index (χ0) is 19.8. The van der Waals surface area contributed by atoms with Crippen molar-refractivity contribution >= 4 is 0 Å². The third-order valence-corrected chi connectivity index (χ3v) is 4.07. The molecular weight excluding hydrogens is 362 g/mol. The number of hydrogen-bond donors (Lipinski definition) is 0. The van der Waals surface area contributed by atoms with Gasteiger partial charge in [-0.1, -0.05) is 18.2 Å². The Morgan fingerprint density at radius 2 is 1.56 bits per heavy atom. The maximum Gasteiger partial charge on any atom is 0.417 e. The van der Waals surface area contributed by atoms with E-state index in [4.69, 9.17) is 4.74 Å². The molecule has 0 radical (unpaired) electrons. The maximum atomic E-state index is 13.3. The molecule has 0 aliphatic rings. The van der Waals surface area contributed by atoms with Crippen LogP contribution >= 0.6 is 0 Å². The highest BCUT2D eigenvalue weighted by atomic mass is 19.4. The first-order valence-electron chi connectivity index (χ1n) is 8.10. The van der Waals surface area contributed by atoms with Crippen LogP contribution in [0.2, 0.25) is 0 Å². The Labute approximate surface area is 153 Å². The van der Waals surface area contributed by atoms with E-state index in [0.29, 0.717) is 11.6 Å². The van der Waals surface area contributed by atoms with Crippen molar-refractivity contribution in [2.75, 3.05) is 0 Å².